The number of nitrogens with zero attached hydrogens (tertiary/aromatic N) is 1. The fourth-order valence-electron chi connectivity index (χ4n) is 2.22. The smallest absolute Gasteiger partial charge is 0.257 e. The Morgan fingerprint density at radius 1 is 1.15 bits per heavy atom. The number of benzene rings is 1. The highest BCUT2D eigenvalue weighted by Gasteiger charge is 2.03. The Bertz CT molecular complexity index is 552. The van der Waals surface area contributed by atoms with Crippen LogP contribution in [-0.4, -0.2) is 50.1 Å². The molecule has 0 aliphatic carbocycles. The van der Waals surface area contributed by atoms with E-state index in [9.17, 15) is 4.79 Å². The van der Waals surface area contributed by atoms with Gasteiger partial charge in [0.15, 0.2) is 12.6 Å². The van der Waals surface area contributed by atoms with Gasteiger partial charge in [0.25, 0.3) is 5.91 Å². The number of carbonyl (C=O) groups excluding carboxylic acids is 1. The van der Waals surface area contributed by atoms with Crippen molar-refractivity contribution in [2.75, 3.05) is 38.2 Å². The van der Waals surface area contributed by atoms with E-state index in [1.54, 1.807) is 0 Å². The van der Waals surface area contributed by atoms with Crippen molar-refractivity contribution in [3.63, 3.8) is 0 Å². The van der Waals surface area contributed by atoms with E-state index in [0.29, 0.717) is 18.8 Å². The summed E-state index contributed by atoms with van der Waals surface area (Å²) in [6.07, 6.45) is 4.47. The summed E-state index contributed by atoms with van der Waals surface area (Å²) in [7, 11) is 0. The van der Waals surface area contributed by atoms with Crippen molar-refractivity contribution in [3.05, 3.63) is 29.8 Å². The van der Waals surface area contributed by atoms with Crippen LogP contribution in [0.4, 0.5) is 0 Å². The average Bonchev–Trinajstić information content (AvgIpc) is 2.65. The Morgan fingerprint density at radius 3 is 2.69 bits per heavy atom. The van der Waals surface area contributed by atoms with Crippen LogP contribution in [0.2, 0.25) is 0 Å². The molecule has 0 aliphatic heterocycles. The van der Waals surface area contributed by atoms with E-state index < -0.39 is 0 Å². The number of thioether (sulfide) groups is 1. The summed E-state index contributed by atoms with van der Waals surface area (Å²) in [4.78, 5) is 16.1. The highest BCUT2D eigenvalue weighted by atomic mass is 32.2. The molecule has 0 atom stereocenters. The molecule has 1 aromatic carbocycles. The van der Waals surface area contributed by atoms with Gasteiger partial charge in [-0.2, -0.15) is 11.8 Å². The predicted octanol–water partition coefficient (Wildman–Crippen LogP) is 2.40. The minimum atomic E-state index is -0.115. The van der Waals surface area contributed by atoms with Gasteiger partial charge in [-0.25, -0.2) is 4.99 Å². The summed E-state index contributed by atoms with van der Waals surface area (Å²) >= 11 is 1.88. The number of ether oxygens (including phenoxy) is 1. The van der Waals surface area contributed by atoms with E-state index >= 15 is 0 Å². The van der Waals surface area contributed by atoms with Crippen LogP contribution in [0.25, 0.3) is 0 Å². The lowest BCUT2D eigenvalue weighted by molar-refractivity contribution is -0.122. The molecule has 0 saturated heterocycles. The molecule has 0 unspecified atom stereocenters. The molecular weight excluding hydrogens is 348 g/mol. The van der Waals surface area contributed by atoms with E-state index in [4.69, 9.17) is 4.74 Å². The van der Waals surface area contributed by atoms with E-state index in [1.165, 1.54) is 12.2 Å². The Balaban J connectivity index is 2.51. The largest absolute Gasteiger partial charge is 0.484 e. The van der Waals surface area contributed by atoms with Crippen LogP contribution in [0.5, 0.6) is 5.75 Å². The standard InChI is InChI=1S/C19H32N4O2S/c1-4-20-18(24)15-25-17-10-8-9-16(13-17)14-23-19(21-5-2)22-11-6-7-12-26-3/h8-10,13H,4-7,11-12,14-15H2,1-3H3,(H,20,24)(H2,21,22,23). The SMILES string of the molecule is CCNC(=O)COc1cccc(CN=C(NCC)NCCCCSC)c1. The number of unbranched alkanes of at least 4 members (excludes halogenated alkanes) is 1. The van der Waals surface area contributed by atoms with Gasteiger partial charge >= 0.3 is 0 Å². The topological polar surface area (TPSA) is 74.8 Å². The molecule has 3 N–H and O–H groups in total. The lowest BCUT2D eigenvalue weighted by Crippen LogP contribution is -2.37. The fraction of sp³-hybridized carbons (Fsp3) is 0.579. The molecule has 26 heavy (non-hydrogen) atoms. The first-order chi connectivity index (χ1) is 12.7. The Kier molecular flexibility index (Phi) is 12.2. The van der Waals surface area contributed by atoms with E-state index in [2.05, 4.69) is 34.1 Å². The van der Waals surface area contributed by atoms with Gasteiger partial charge in [0, 0.05) is 19.6 Å². The number of rotatable bonds is 12. The first-order valence-corrected chi connectivity index (χ1v) is 10.6. The number of carbonyl (C=O) groups is 1. The van der Waals surface area contributed by atoms with Gasteiger partial charge in [-0.1, -0.05) is 12.1 Å². The van der Waals surface area contributed by atoms with Crippen LogP contribution in [0.15, 0.2) is 29.3 Å². The van der Waals surface area contributed by atoms with Crippen molar-refractivity contribution in [2.45, 2.75) is 33.2 Å². The van der Waals surface area contributed by atoms with Gasteiger partial charge in [-0.3, -0.25) is 4.79 Å². The average molecular weight is 381 g/mol. The summed E-state index contributed by atoms with van der Waals surface area (Å²) in [5.74, 6) is 2.58. The molecule has 146 valence electrons. The summed E-state index contributed by atoms with van der Waals surface area (Å²) in [6.45, 7) is 6.87. The molecule has 1 aromatic rings. The molecule has 7 heteroatoms. The first-order valence-electron chi connectivity index (χ1n) is 9.19. The van der Waals surface area contributed by atoms with Crippen molar-refractivity contribution < 1.29 is 9.53 Å². The molecule has 0 heterocycles. The summed E-state index contributed by atoms with van der Waals surface area (Å²) in [6, 6.07) is 7.69. The predicted molar refractivity (Wildman–Crippen MR) is 111 cm³/mol. The summed E-state index contributed by atoms with van der Waals surface area (Å²) < 4.78 is 5.52. The summed E-state index contributed by atoms with van der Waals surface area (Å²) in [5.41, 5.74) is 1.04. The number of aliphatic imine (C=N–C) groups is 1. The van der Waals surface area contributed by atoms with Gasteiger partial charge in [-0.05, 0) is 56.4 Å². The second-order valence-corrected chi connectivity index (χ2v) is 6.70. The molecule has 0 radical (unpaired) electrons. The maximum Gasteiger partial charge on any atom is 0.257 e. The van der Waals surface area contributed by atoms with Crippen LogP contribution < -0.4 is 20.7 Å². The van der Waals surface area contributed by atoms with E-state index in [-0.39, 0.29) is 12.5 Å². The maximum atomic E-state index is 11.5. The van der Waals surface area contributed by atoms with Crippen LogP contribution in [-0.2, 0) is 11.3 Å². The molecule has 0 fully saturated rings. The monoisotopic (exact) mass is 380 g/mol. The number of guanidine groups is 1. The third-order valence-electron chi connectivity index (χ3n) is 3.47. The van der Waals surface area contributed by atoms with Gasteiger partial charge in [0.1, 0.15) is 5.75 Å². The minimum absolute atomic E-state index is 0.0286. The Labute approximate surface area is 161 Å². The lowest BCUT2D eigenvalue weighted by atomic mass is 10.2. The fourth-order valence-corrected chi connectivity index (χ4v) is 2.71. The van der Waals surface area contributed by atoms with Gasteiger partial charge in [-0.15, -0.1) is 0 Å². The van der Waals surface area contributed by atoms with E-state index in [0.717, 1.165) is 31.0 Å². The third-order valence-corrected chi connectivity index (χ3v) is 4.17. The maximum absolute atomic E-state index is 11.5. The molecule has 6 nitrogen and oxygen atoms in total. The molecule has 0 spiro atoms. The molecule has 0 saturated carbocycles. The van der Waals surface area contributed by atoms with Crippen LogP contribution in [0.1, 0.15) is 32.3 Å². The number of hydrogen-bond acceptors (Lipinski definition) is 4. The molecule has 1 rings (SSSR count). The zero-order valence-electron chi connectivity index (χ0n) is 16.1. The third kappa shape index (κ3) is 10.2. The number of amides is 1. The highest BCUT2D eigenvalue weighted by molar-refractivity contribution is 7.98. The number of likely N-dealkylation sites (N-methyl/N-ethyl adjacent to an activating group) is 1. The molecule has 0 bridgehead atoms. The molecule has 0 aliphatic rings. The van der Waals surface area contributed by atoms with Crippen molar-refractivity contribution in [1.29, 1.82) is 0 Å². The number of nitrogens with one attached hydrogen (secondary N) is 3. The first kappa shape index (κ1) is 22.2. The van der Waals surface area contributed by atoms with Crippen molar-refractivity contribution in [1.82, 2.24) is 16.0 Å². The molecular formula is C19H32N4O2S. The van der Waals surface area contributed by atoms with Crippen molar-refractivity contribution in [3.8, 4) is 5.75 Å². The van der Waals surface area contributed by atoms with Crippen molar-refractivity contribution in [2.24, 2.45) is 4.99 Å². The van der Waals surface area contributed by atoms with Gasteiger partial charge in [0.05, 0.1) is 6.54 Å². The molecule has 1 amide bonds. The van der Waals surface area contributed by atoms with Gasteiger partial charge < -0.3 is 20.7 Å². The highest BCUT2D eigenvalue weighted by Crippen LogP contribution is 2.14. The van der Waals surface area contributed by atoms with Crippen LogP contribution >= 0.6 is 11.8 Å². The zero-order chi connectivity index (χ0) is 19.0. The minimum Gasteiger partial charge on any atom is -0.484 e. The van der Waals surface area contributed by atoms with Crippen molar-refractivity contribution >= 4 is 23.6 Å². The van der Waals surface area contributed by atoms with Crippen LogP contribution in [0.3, 0.4) is 0 Å². The summed E-state index contributed by atoms with van der Waals surface area (Å²) in [5, 5.41) is 9.34. The van der Waals surface area contributed by atoms with Crippen LogP contribution in [0, 0.1) is 0 Å². The number of hydrogen-bond donors (Lipinski definition) is 3. The second kappa shape index (κ2) is 14.3. The lowest BCUT2D eigenvalue weighted by Gasteiger charge is -2.11. The zero-order valence-corrected chi connectivity index (χ0v) is 17.0. The second-order valence-electron chi connectivity index (χ2n) is 5.71. The molecule has 0 aromatic heterocycles. The normalized spacial score (nSPS) is 11.1. The quantitative estimate of drug-likeness (QED) is 0.295. The van der Waals surface area contributed by atoms with Gasteiger partial charge in [0.2, 0.25) is 0 Å². The Morgan fingerprint density at radius 2 is 1.96 bits per heavy atom. The Hall–Kier alpha value is -1.89. The van der Waals surface area contributed by atoms with E-state index in [1.807, 2.05) is 43.0 Å².